The molecule has 1 heterocycles. The SMILES string of the molecule is Cc1cccc(CN2C(=O)/C(=C/c3ccccc3)Sc3ccc(C(=O)NC(C)C45CC6CC(CC(C6)C4)C5)cc32)c1. The Hall–Kier alpha value is -3.31. The largest absolute Gasteiger partial charge is 0.349 e. The van der Waals surface area contributed by atoms with E-state index in [1.54, 1.807) is 0 Å². The summed E-state index contributed by atoms with van der Waals surface area (Å²) in [6.07, 6.45) is 9.94. The number of benzene rings is 3. The first-order chi connectivity index (χ1) is 19.8. The molecule has 4 bridgehead atoms. The fourth-order valence-electron chi connectivity index (χ4n) is 8.44. The highest BCUT2D eigenvalue weighted by molar-refractivity contribution is 8.04. The first-order valence-electron chi connectivity index (χ1n) is 15.1. The molecule has 0 radical (unpaired) electrons. The maximum atomic E-state index is 13.9. The van der Waals surface area contributed by atoms with Gasteiger partial charge in [-0.2, -0.15) is 0 Å². The van der Waals surface area contributed by atoms with Gasteiger partial charge in [0.1, 0.15) is 0 Å². The zero-order valence-electron chi connectivity index (χ0n) is 23.9. The number of rotatable bonds is 6. The number of amides is 2. The van der Waals surface area contributed by atoms with Gasteiger partial charge in [-0.3, -0.25) is 9.59 Å². The van der Waals surface area contributed by atoms with Crippen molar-refractivity contribution < 1.29 is 9.59 Å². The number of aryl methyl sites for hydroxylation is 1. The zero-order chi connectivity index (χ0) is 28.1. The van der Waals surface area contributed by atoms with Crippen LogP contribution in [0, 0.1) is 30.1 Å². The van der Waals surface area contributed by atoms with Crippen LogP contribution in [0.4, 0.5) is 5.69 Å². The molecule has 5 heteroatoms. The predicted octanol–water partition coefficient (Wildman–Crippen LogP) is 8.01. The number of fused-ring (bicyclic) bond motifs is 1. The highest BCUT2D eigenvalue weighted by Crippen LogP contribution is 2.61. The van der Waals surface area contributed by atoms with Gasteiger partial charge in [-0.25, -0.2) is 0 Å². The third-order valence-electron chi connectivity index (χ3n) is 10.1. The molecule has 1 unspecified atom stereocenters. The van der Waals surface area contributed by atoms with Crippen molar-refractivity contribution in [2.24, 2.45) is 23.2 Å². The topological polar surface area (TPSA) is 49.4 Å². The lowest BCUT2D eigenvalue weighted by molar-refractivity contribution is -0.114. The summed E-state index contributed by atoms with van der Waals surface area (Å²) in [6.45, 7) is 4.75. The van der Waals surface area contributed by atoms with Crippen LogP contribution >= 0.6 is 11.8 Å². The Morgan fingerprint density at radius 3 is 2.37 bits per heavy atom. The van der Waals surface area contributed by atoms with E-state index in [4.69, 9.17) is 0 Å². The van der Waals surface area contributed by atoms with E-state index in [2.05, 4.69) is 37.4 Å². The van der Waals surface area contributed by atoms with Crippen molar-refractivity contribution in [2.45, 2.75) is 69.9 Å². The van der Waals surface area contributed by atoms with Crippen LogP contribution in [-0.2, 0) is 11.3 Å². The summed E-state index contributed by atoms with van der Waals surface area (Å²) in [4.78, 5) is 31.2. The third kappa shape index (κ3) is 5.14. The van der Waals surface area contributed by atoms with Crippen molar-refractivity contribution in [3.63, 3.8) is 0 Å². The Morgan fingerprint density at radius 1 is 0.976 bits per heavy atom. The molecule has 4 nitrogen and oxygen atoms in total. The highest BCUT2D eigenvalue weighted by Gasteiger charge is 2.53. The average molecular weight is 563 g/mol. The monoisotopic (exact) mass is 562 g/mol. The number of anilines is 1. The first kappa shape index (κ1) is 26.6. The van der Waals surface area contributed by atoms with Gasteiger partial charge in [0.2, 0.25) is 0 Å². The number of carbonyl (C=O) groups is 2. The van der Waals surface area contributed by atoms with Crippen LogP contribution in [0.5, 0.6) is 0 Å². The van der Waals surface area contributed by atoms with Crippen LogP contribution in [0.1, 0.15) is 72.5 Å². The minimum absolute atomic E-state index is 0.0328. The van der Waals surface area contributed by atoms with Crippen LogP contribution in [0.15, 0.2) is 82.6 Å². The van der Waals surface area contributed by atoms with Crippen molar-refractivity contribution in [1.29, 1.82) is 0 Å². The van der Waals surface area contributed by atoms with E-state index in [0.29, 0.717) is 17.0 Å². The van der Waals surface area contributed by atoms with Crippen LogP contribution in [0.25, 0.3) is 6.08 Å². The molecule has 4 saturated carbocycles. The molecule has 41 heavy (non-hydrogen) atoms. The molecule has 4 fully saturated rings. The third-order valence-corrected chi connectivity index (χ3v) is 11.1. The zero-order valence-corrected chi connectivity index (χ0v) is 24.8. The Balaban J connectivity index is 1.18. The van der Waals surface area contributed by atoms with Gasteiger partial charge in [0, 0.05) is 16.5 Å². The summed E-state index contributed by atoms with van der Waals surface area (Å²) < 4.78 is 0. The Morgan fingerprint density at radius 2 is 1.68 bits per heavy atom. The van der Waals surface area contributed by atoms with E-state index in [-0.39, 0.29) is 23.3 Å². The summed E-state index contributed by atoms with van der Waals surface area (Å²) in [5.74, 6) is 2.48. The van der Waals surface area contributed by atoms with Gasteiger partial charge in [0.25, 0.3) is 11.8 Å². The first-order valence-corrected chi connectivity index (χ1v) is 15.9. The average Bonchev–Trinajstić information content (AvgIpc) is 2.95. The molecule has 3 aromatic carbocycles. The highest BCUT2D eigenvalue weighted by atomic mass is 32.2. The summed E-state index contributed by atoms with van der Waals surface area (Å²) in [5, 5.41) is 3.42. The molecule has 1 aliphatic heterocycles. The van der Waals surface area contributed by atoms with Gasteiger partial charge >= 0.3 is 0 Å². The minimum Gasteiger partial charge on any atom is -0.349 e. The van der Waals surface area contributed by atoms with Gasteiger partial charge in [-0.15, -0.1) is 0 Å². The molecule has 0 saturated heterocycles. The molecule has 8 rings (SSSR count). The Labute approximate surface area is 247 Å². The quantitative estimate of drug-likeness (QED) is 0.310. The normalized spacial score (nSPS) is 28.0. The Bertz CT molecular complexity index is 1490. The van der Waals surface area contributed by atoms with E-state index in [9.17, 15) is 9.59 Å². The maximum Gasteiger partial charge on any atom is 0.265 e. The lowest BCUT2D eigenvalue weighted by Gasteiger charge is -2.59. The molecule has 1 atom stereocenters. The number of carbonyl (C=O) groups excluding carboxylic acids is 2. The van der Waals surface area contributed by atoms with Crippen molar-refractivity contribution >= 4 is 35.3 Å². The second kappa shape index (κ2) is 10.5. The summed E-state index contributed by atoms with van der Waals surface area (Å²) in [6, 6.07) is 24.3. The van der Waals surface area contributed by atoms with Crippen molar-refractivity contribution in [3.05, 3.63) is 100.0 Å². The lowest BCUT2D eigenvalue weighted by Crippen LogP contribution is -2.55. The van der Waals surface area contributed by atoms with Gasteiger partial charge < -0.3 is 10.2 Å². The van der Waals surface area contributed by atoms with E-state index in [1.165, 1.54) is 50.3 Å². The summed E-state index contributed by atoms with van der Waals surface area (Å²) in [7, 11) is 0. The molecule has 3 aromatic rings. The lowest BCUT2D eigenvalue weighted by atomic mass is 9.48. The van der Waals surface area contributed by atoms with E-state index >= 15 is 0 Å². The van der Waals surface area contributed by atoms with E-state index < -0.39 is 0 Å². The van der Waals surface area contributed by atoms with Crippen molar-refractivity contribution in [2.75, 3.05) is 4.90 Å². The predicted molar refractivity (Wildman–Crippen MR) is 167 cm³/mol. The molecule has 0 aromatic heterocycles. The number of nitrogens with one attached hydrogen (secondary N) is 1. The molecule has 0 spiro atoms. The standard InChI is InChI=1S/C36H38N2O2S/c1-23-7-6-10-26(13-23)22-38-31-18-30(11-12-32(31)41-33(35(38)40)17-25-8-4-3-5-9-25)34(39)37-24(2)36-19-27-14-28(20-36)16-29(15-27)21-36/h3-13,17-18,24,27-29H,14-16,19-22H2,1-2H3,(H,37,39)/b33-17-. The summed E-state index contributed by atoms with van der Waals surface area (Å²) in [5.41, 5.74) is 4.91. The number of hydrogen-bond donors (Lipinski definition) is 1. The van der Waals surface area contributed by atoms with Crippen LogP contribution in [0.2, 0.25) is 0 Å². The Kier molecular flexibility index (Phi) is 6.81. The number of hydrogen-bond acceptors (Lipinski definition) is 3. The van der Waals surface area contributed by atoms with E-state index in [0.717, 1.165) is 45.0 Å². The molecule has 1 N–H and O–H groups in total. The number of nitrogens with zero attached hydrogens (tertiary/aromatic N) is 1. The second-order valence-electron chi connectivity index (χ2n) is 13.1. The molecular weight excluding hydrogens is 524 g/mol. The number of thioether (sulfide) groups is 1. The fourth-order valence-corrected chi connectivity index (χ4v) is 9.48. The summed E-state index contributed by atoms with van der Waals surface area (Å²) >= 11 is 1.49. The molecule has 210 valence electrons. The van der Waals surface area contributed by atoms with Crippen LogP contribution in [-0.4, -0.2) is 17.9 Å². The van der Waals surface area contributed by atoms with Crippen molar-refractivity contribution in [1.82, 2.24) is 5.32 Å². The maximum absolute atomic E-state index is 13.9. The van der Waals surface area contributed by atoms with Crippen LogP contribution < -0.4 is 10.2 Å². The molecule has 4 aliphatic carbocycles. The van der Waals surface area contributed by atoms with Gasteiger partial charge in [-0.1, -0.05) is 71.9 Å². The fraction of sp³-hybridized carbons (Fsp3) is 0.389. The molecular formula is C36H38N2O2S. The van der Waals surface area contributed by atoms with Gasteiger partial charge in [0.15, 0.2) is 0 Å². The van der Waals surface area contributed by atoms with Crippen LogP contribution in [0.3, 0.4) is 0 Å². The smallest absolute Gasteiger partial charge is 0.265 e. The van der Waals surface area contributed by atoms with Gasteiger partial charge in [0.05, 0.1) is 17.1 Å². The molecule has 5 aliphatic rings. The van der Waals surface area contributed by atoms with E-state index in [1.807, 2.05) is 65.6 Å². The van der Waals surface area contributed by atoms with Gasteiger partial charge in [-0.05, 0) is 111 Å². The van der Waals surface area contributed by atoms with Crippen molar-refractivity contribution in [3.8, 4) is 0 Å². The minimum atomic E-state index is -0.0349. The molecule has 2 amide bonds. The second-order valence-corrected chi connectivity index (χ2v) is 14.1.